The van der Waals surface area contributed by atoms with Crippen molar-refractivity contribution >= 4 is 61.6 Å². The standard InChI is InChI=1S/C21H14Cl2N2O3S/c22-12-5-3-10(4-6-12)17-16(18(26)11-1-2-11)19(27)20(28)25(17)21-24-14-8-7-13(23)9-15(14)29-21/h3-9,11,17,27H,1-2H2. The van der Waals surface area contributed by atoms with Crippen LogP contribution < -0.4 is 4.90 Å². The minimum Gasteiger partial charge on any atom is -0.503 e. The molecule has 0 bridgehead atoms. The Labute approximate surface area is 180 Å². The van der Waals surface area contributed by atoms with Crippen LogP contribution in [0.3, 0.4) is 0 Å². The van der Waals surface area contributed by atoms with E-state index in [0.717, 1.165) is 17.5 Å². The summed E-state index contributed by atoms with van der Waals surface area (Å²) in [6.45, 7) is 0. The number of hydrogen-bond donors (Lipinski definition) is 1. The van der Waals surface area contributed by atoms with Gasteiger partial charge in [0.25, 0.3) is 5.91 Å². The fraction of sp³-hybridized carbons (Fsp3) is 0.190. The number of ketones is 1. The van der Waals surface area contributed by atoms with Crippen LogP contribution in [-0.4, -0.2) is 21.8 Å². The fourth-order valence-electron chi connectivity index (χ4n) is 3.57. The van der Waals surface area contributed by atoms with Crippen LogP contribution in [0.4, 0.5) is 5.13 Å². The van der Waals surface area contributed by atoms with E-state index in [-0.39, 0.29) is 17.3 Å². The lowest BCUT2D eigenvalue weighted by Gasteiger charge is -2.24. The van der Waals surface area contributed by atoms with E-state index in [0.29, 0.717) is 26.3 Å². The quantitative estimate of drug-likeness (QED) is 0.577. The van der Waals surface area contributed by atoms with Crippen LogP contribution >= 0.6 is 34.5 Å². The predicted molar refractivity (Wildman–Crippen MR) is 114 cm³/mol. The number of halogens is 2. The molecule has 8 heteroatoms. The topological polar surface area (TPSA) is 70.5 Å². The molecule has 1 aromatic heterocycles. The molecule has 0 spiro atoms. The van der Waals surface area contributed by atoms with E-state index in [1.165, 1.54) is 16.2 Å². The highest BCUT2D eigenvalue weighted by atomic mass is 35.5. The van der Waals surface area contributed by atoms with Crippen molar-refractivity contribution in [2.24, 2.45) is 5.92 Å². The predicted octanol–water partition coefficient (Wildman–Crippen LogP) is 5.48. The third-order valence-electron chi connectivity index (χ3n) is 5.15. The SMILES string of the molecule is O=C(C1=C(O)C(=O)N(c2nc3ccc(Cl)cc3s2)C1c1ccc(Cl)cc1)C1CC1. The van der Waals surface area contributed by atoms with E-state index in [4.69, 9.17) is 23.2 Å². The molecule has 146 valence electrons. The van der Waals surface area contributed by atoms with E-state index < -0.39 is 17.7 Å². The van der Waals surface area contributed by atoms with E-state index in [2.05, 4.69) is 4.98 Å². The molecule has 1 N–H and O–H groups in total. The van der Waals surface area contributed by atoms with Crippen LogP contribution in [-0.2, 0) is 9.59 Å². The number of fused-ring (bicyclic) bond motifs is 1. The molecule has 29 heavy (non-hydrogen) atoms. The number of aliphatic hydroxyl groups is 1. The highest BCUT2D eigenvalue weighted by molar-refractivity contribution is 7.22. The van der Waals surface area contributed by atoms with Gasteiger partial charge in [0.15, 0.2) is 16.7 Å². The third kappa shape index (κ3) is 3.12. The van der Waals surface area contributed by atoms with Gasteiger partial charge in [-0.3, -0.25) is 14.5 Å². The van der Waals surface area contributed by atoms with Gasteiger partial charge in [0.05, 0.1) is 21.8 Å². The summed E-state index contributed by atoms with van der Waals surface area (Å²) in [6, 6.07) is 11.5. The summed E-state index contributed by atoms with van der Waals surface area (Å²) < 4.78 is 0.816. The van der Waals surface area contributed by atoms with Gasteiger partial charge in [-0.15, -0.1) is 0 Å². The molecular weight excluding hydrogens is 431 g/mol. The Kier molecular flexibility index (Phi) is 4.38. The number of amides is 1. The van der Waals surface area contributed by atoms with Gasteiger partial charge in [0, 0.05) is 16.0 Å². The Morgan fingerprint density at radius 3 is 2.48 bits per heavy atom. The summed E-state index contributed by atoms with van der Waals surface area (Å²) in [7, 11) is 0. The summed E-state index contributed by atoms with van der Waals surface area (Å²) in [4.78, 5) is 31.9. The number of aromatic nitrogens is 1. The van der Waals surface area contributed by atoms with E-state index in [1.807, 2.05) is 0 Å². The highest BCUT2D eigenvalue weighted by Gasteiger charge is 2.48. The van der Waals surface area contributed by atoms with Crippen molar-refractivity contribution in [3.8, 4) is 0 Å². The minimum atomic E-state index is -0.746. The van der Waals surface area contributed by atoms with Crippen molar-refractivity contribution in [3.63, 3.8) is 0 Å². The van der Waals surface area contributed by atoms with Gasteiger partial charge in [-0.25, -0.2) is 4.98 Å². The second kappa shape index (κ2) is 6.83. The molecule has 5 nitrogen and oxygen atoms in total. The maximum atomic E-state index is 13.0. The zero-order valence-electron chi connectivity index (χ0n) is 14.9. The molecule has 2 heterocycles. The van der Waals surface area contributed by atoms with Gasteiger partial charge in [-0.05, 0) is 48.7 Å². The van der Waals surface area contributed by atoms with Crippen LogP contribution in [0.5, 0.6) is 0 Å². The zero-order valence-corrected chi connectivity index (χ0v) is 17.3. The Morgan fingerprint density at radius 2 is 1.79 bits per heavy atom. The first-order valence-corrected chi connectivity index (χ1v) is 10.6. The average Bonchev–Trinajstić information content (AvgIpc) is 3.42. The van der Waals surface area contributed by atoms with E-state index in [9.17, 15) is 14.7 Å². The van der Waals surface area contributed by atoms with Crippen molar-refractivity contribution in [1.29, 1.82) is 0 Å². The molecule has 3 aromatic rings. The molecule has 1 fully saturated rings. The molecule has 1 aliphatic heterocycles. The number of anilines is 1. The first kappa shape index (κ1) is 18.6. The normalized spacial score (nSPS) is 19.4. The number of rotatable bonds is 4. The van der Waals surface area contributed by atoms with Crippen LogP contribution in [0.1, 0.15) is 24.4 Å². The average molecular weight is 445 g/mol. The second-order valence-corrected chi connectivity index (χ2v) is 9.02. The summed E-state index contributed by atoms with van der Waals surface area (Å²) in [5.74, 6) is -1.44. The third-order valence-corrected chi connectivity index (χ3v) is 6.66. The van der Waals surface area contributed by atoms with E-state index in [1.54, 1.807) is 42.5 Å². The highest BCUT2D eigenvalue weighted by Crippen LogP contribution is 2.46. The lowest BCUT2D eigenvalue weighted by molar-refractivity contribution is -0.118. The van der Waals surface area contributed by atoms with Crippen molar-refractivity contribution in [2.45, 2.75) is 18.9 Å². The van der Waals surface area contributed by atoms with Crippen LogP contribution in [0.2, 0.25) is 10.0 Å². The molecule has 0 radical (unpaired) electrons. The number of thiazole rings is 1. The number of carbonyl (C=O) groups excluding carboxylic acids is 2. The summed E-state index contributed by atoms with van der Waals surface area (Å²) in [5.41, 5.74) is 1.52. The molecule has 2 aromatic carbocycles. The van der Waals surface area contributed by atoms with Crippen LogP contribution in [0, 0.1) is 5.92 Å². The van der Waals surface area contributed by atoms with Gasteiger partial charge in [-0.1, -0.05) is 46.7 Å². The van der Waals surface area contributed by atoms with Crippen molar-refractivity contribution in [2.75, 3.05) is 4.90 Å². The van der Waals surface area contributed by atoms with Crippen LogP contribution in [0.25, 0.3) is 10.2 Å². The molecular formula is C21H14Cl2N2O3S. The number of carbonyl (C=O) groups is 2. The molecule has 5 rings (SSSR count). The Morgan fingerprint density at radius 1 is 1.10 bits per heavy atom. The lowest BCUT2D eigenvalue weighted by atomic mass is 9.94. The van der Waals surface area contributed by atoms with Gasteiger partial charge < -0.3 is 5.11 Å². The van der Waals surface area contributed by atoms with Crippen molar-refractivity contribution < 1.29 is 14.7 Å². The maximum Gasteiger partial charge on any atom is 0.296 e. The summed E-state index contributed by atoms with van der Waals surface area (Å²) in [5, 5.41) is 12.2. The number of Topliss-reactive ketones (excluding diaryl/α,β-unsaturated/α-hetero) is 1. The van der Waals surface area contributed by atoms with Crippen molar-refractivity contribution in [3.05, 3.63) is 69.4 Å². The minimum absolute atomic E-state index is 0.135. The Balaban J connectivity index is 1.66. The number of hydrogen-bond acceptors (Lipinski definition) is 5. The molecule has 1 aliphatic carbocycles. The van der Waals surface area contributed by atoms with Crippen LogP contribution in [0.15, 0.2) is 53.8 Å². The fourth-order valence-corrected chi connectivity index (χ4v) is 4.96. The molecule has 1 unspecified atom stereocenters. The molecule has 1 saturated carbocycles. The molecule has 1 amide bonds. The molecule has 1 atom stereocenters. The van der Waals surface area contributed by atoms with E-state index >= 15 is 0 Å². The zero-order chi connectivity index (χ0) is 20.3. The van der Waals surface area contributed by atoms with Gasteiger partial charge in [0.1, 0.15) is 0 Å². The summed E-state index contributed by atoms with van der Waals surface area (Å²) in [6.07, 6.45) is 1.55. The van der Waals surface area contributed by atoms with Gasteiger partial charge in [0.2, 0.25) is 0 Å². The van der Waals surface area contributed by atoms with Crippen molar-refractivity contribution in [1.82, 2.24) is 4.98 Å². The molecule has 0 saturated heterocycles. The maximum absolute atomic E-state index is 13.0. The Hall–Kier alpha value is -2.41. The number of aliphatic hydroxyl groups excluding tert-OH is 1. The smallest absolute Gasteiger partial charge is 0.296 e. The largest absolute Gasteiger partial charge is 0.503 e. The first-order chi connectivity index (χ1) is 13.9. The Bertz CT molecular complexity index is 1200. The number of nitrogens with zero attached hydrogens (tertiary/aromatic N) is 2. The second-order valence-electron chi connectivity index (χ2n) is 7.14. The number of benzene rings is 2. The summed E-state index contributed by atoms with van der Waals surface area (Å²) >= 11 is 13.4. The lowest BCUT2D eigenvalue weighted by Crippen LogP contribution is -2.31. The monoisotopic (exact) mass is 444 g/mol. The van der Waals surface area contributed by atoms with Gasteiger partial charge in [-0.2, -0.15) is 0 Å². The first-order valence-electron chi connectivity index (χ1n) is 9.06. The molecule has 2 aliphatic rings. The van der Waals surface area contributed by atoms with Gasteiger partial charge >= 0.3 is 0 Å².